The van der Waals surface area contributed by atoms with Gasteiger partial charge >= 0.3 is 0 Å². The number of hydrogen-bond donors (Lipinski definition) is 3. The van der Waals surface area contributed by atoms with E-state index >= 15 is 0 Å². The van der Waals surface area contributed by atoms with E-state index in [4.69, 9.17) is 4.98 Å². The van der Waals surface area contributed by atoms with Crippen LogP contribution in [-0.4, -0.2) is 73.2 Å². The number of fused-ring (bicyclic) bond motifs is 6. The molecule has 4 amide bonds. The monoisotopic (exact) mass is 636 g/mol. The summed E-state index contributed by atoms with van der Waals surface area (Å²) in [5, 5.41) is 18.0. The van der Waals surface area contributed by atoms with Gasteiger partial charge in [-0.05, 0) is 49.4 Å². The maximum atomic E-state index is 14.4. The van der Waals surface area contributed by atoms with Crippen molar-refractivity contribution in [3.63, 3.8) is 0 Å². The lowest BCUT2D eigenvalue weighted by Crippen LogP contribution is -2.58. The summed E-state index contributed by atoms with van der Waals surface area (Å²) >= 11 is 0. The Labute approximate surface area is 273 Å². The second-order valence-corrected chi connectivity index (χ2v) is 13.0. The van der Waals surface area contributed by atoms with Crippen LogP contribution in [-0.2, 0) is 27.3 Å². The van der Waals surface area contributed by atoms with Gasteiger partial charge in [-0.2, -0.15) is 0 Å². The zero-order valence-electron chi connectivity index (χ0n) is 27.3. The number of rotatable bonds is 4. The topological polar surface area (TPSA) is 151 Å². The Morgan fingerprint density at radius 2 is 1.74 bits per heavy atom. The number of nitrogens with one attached hydrogen (secondary N) is 3. The predicted octanol–water partition coefficient (Wildman–Crippen LogP) is 2.71. The van der Waals surface area contributed by atoms with Gasteiger partial charge < -0.3 is 20.9 Å². The number of benzene rings is 2. The number of aryl methyl sites for hydroxylation is 3. The van der Waals surface area contributed by atoms with Crippen LogP contribution in [0.5, 0.6) is 0 Å². The van der Waals surface area contributed by atoms with Crippen molar-refractivity contribution in [3.8, 4) is 0 Å². The van der Waals surface area contributed by atoms with Crippen LogP contribution in [0.25, 0.3) is 10.9 Å². The van der Waals surface area contributed by atoms with Crippen LogP contribution in [0.3, 0.4) is 0 Å². The Bertz CT molecular complexity index is 1850. The average Bonchev–Trinajstić information content (AvgIpc) is 3.71. The van der Waals surface area contributed by atoms with E-state index in [9.17, 15) is 19.2 Å². The maximum absolute atomic E-state index is 14.4. The molecule has 0 saturated carbocycles. The van der Waals surface area contributed by atoms with Crippen molar-refractivity contribution in [2.24, 2.45) is 5.92 Å². The molecule has 244 valence electrons. The van der Waals surface area contributed by atoms with Gasteiger partial charge in [0.05, 0.1) is 29.9 Å². The standard InChI is InChI=1S/C35H40N8O4/c1-19(2)30-34(46)38-28(14-23-9-7-6-8-10-23)32(44)36-16-24-17-43(41-40-24)25-15-29(33(45)39-30)42(18-25)35(47)27-13-21(4)37-31-22(5)20(3)11-12-26(27)31/h6-13,17,19,25,28-30H,14-16,18H2,1-5H3,(H,36,44)(H,38,46)(H,39,45)/t25-,28+,29-,30-/m0/s1. The van der Waals surface area contributed by atoms with Crippen molar-refractivity contribution in [3.05, 3.63) is 88.4 Å². The Morgan fingerprint density at radius 3 is 2.49 bits per heavy atom. The van der Waals surface area contributed by atoms with E-state index in [1.807, 2.05) is 77.1 Å². The normalized spacial score (nSPS) is 22.0. The molecule has 4 aromatic rings. The van der Waals surface area contributed by atoms with Crippen molar-refractivity contribution in [2.45, 2.75) is 78.2 Å². The first-order chi connectivity index (χ1) is 22.5. The van der Waals surface area contributed by atoms with Gasteiger partial charge in [-0.3, -0.25) is 24.2 Å². The summed E-state index contributed by atoms with van der Waals surface area (Å²) < 4.78 is 1.66. The Morgan fingerprint density at radius 1 is 0.979 bits per heavy atom. The average molecular weight is 637 g/mol. The van der Waals surface area contributed by atoms with Crippen LogP contribution in [0.4, 0.5) is 0 Å². The molecule has 3 N–H and O–H groups in total. The minimum atomic E-state index is -0.943. The number of aromatic nitrogens is 4. The summed E-state index contributed by atoms with van der Waals surface area (Å²) in [5.41, 5.74) is 5.38. The van der Waals surface area contributed by atoms with Gasteiger partial charge in [-0.25, -0.2) is 4.68 Å². The van der Waals surface area contributed by atoms with E-state index in [1.165, 1.54) is 0 Å². The third-order valence-corrected chi connectivity index (χ3v) is 9.24. The predicted molar refractivity (Wildman–Crippen MR) is 175 cm³/mol. The summed E-state index contributed by atoms with van der Waals surface area (Å²) in [6, 6.07) is 12.0. The number of pyridine rings is 1. The molecular weight excluding hydrogens is 596 g/mol. The number of carbonyl (C=O) groups excluding carboxylic acids is 4. The Balaban J connectivity index is 1.36. The molecule has 47 heavy (non-hydrogen) atoms. The van der Waals surface area contributed by atoms with Crippen LogP contribution < -0.4 is 16.0 Å². The molecule has 4 bridgehead atoms. The fourth-order valence-corrected chi connectivity index (χ4v) is 6.45. The van der Waals surface area contributed by atoms with E-state index in [0.717, 1.165) is 27.6 Å². The molecule has 0 aliphatic carbocycles. The zero-order valence-corrected chi connectivity index (χ0v) is 27.3. The van der Waals surface area contributed by atoms with E-state index in [1.54, 1.807) is 21.8 Å². The van der Waals surface area contributed by atoms with Gasteiger partial charge in [0.25, 0.3) is 5.91 Å². The second-order valence-electron chi connectivity index (χ2n) is 13.0. The zero-order chi connectivity index (χ0) is 33.4. The van der Waals surface area contributed by atoms with Gasteiger partial charge in [0.2, 0.25) is 17.7 Å². The molecule has 2 aromatic carbocycles. The van der Waals surface area contributed by atoms with Gasteiger partial charge in [0.15, 0.2) is 0 Å². The molecule has 2 aliphatic rings. The van der Waals surface area contributed by atoms with Crippen molar-refractivity contribution < 1.29 is 19.2 Å². The maximum Gasteiger partial charge on any atom is 0.255 e. The highest BCUT2D eigenvalue weighted by atomic mass is 16.2. The lowest BCUT2D eigenvalue weighted by atomic mass is 9.99. The minimum Gasteiger partial charge on any atom is -0.349 e. The molecular formula is C35H40N8O4. The van der Waals surface area contributed by atoms with E-state index < -0.39 is 29.9 Å². The highest BCUT2D eigenvalue weighted by molar-refractivity contribution is 6.08. The molecule has 1 saturated heterocycles. The third kappa shape index (κ3) is 6.45. The van der Waals surface area contributed by atoms with E-state index in [0.29, 0.717) is 17.0 Å². The summed E-state index contributed by atoms with van der Waals surface area (Å²) in [5.74, 6) is -1.89. The molecule has 0 unspecified atom stereocenters. The van der Waals surface area contributed by atoms with Crippen LogP contribution in [0.15, 0.2) is 54.7 Å². The summed E-state index contributed by atoms with van der Waals surface area (Å²) in [6.07, 6.45) is 2.26. The number of amides is 4. The largest absolute Gasteiger partial charge is 0.349 e. The molecule has 6 rings (SSSR count). The second kappa shape index (κ2) is 12.9. The molecule has 0 radical (unpaired) electrons. The van der Waals surface area contributed by atoms with Gasteiger partial charge in [-0.15, -0.1) is 5.10 Å². The fourth-order valence-electron chi connectivity index (χ4n) is 6.45. The smallest absolute Gasteiger partial charge is 0.255 e. The summed E-state index contributed by atoms with van der Waals surface area (Å²) in [7, 11) is 0. The molecule has 0 spiro atoms. The Hall–Kier alpha value is -5.13. The molecule has 12 nitrogen and oxygen atoms in total. The van der Waals surface area contributed by atoms with Crippen molar-refractivity contribution in [2.75, 3.05) is 6.54 Å². The van der Waals surface area contributed by atoms with Gasteiger partial charge in [0, 0.05) is 30.5 Å². The number of nitrogens with zero attached hydrogens (tertiary/aromatic N) is 5. The molecule has 4 atom stereocenters. The first-order valence-corrected chi connectivity index (χ1v) is 16.0. The first kappa shape index (κ1) is 31.8. The van der Waals surface area contributed by atoms with Crippen molar-refractivity contribution in [1.29, 1.82) is 0 Å². The molecule has 4 heterocycles. The lowest BCUT2D eigenvalue weighted by molar-refractivity contribution is -0.134. The van der Waals surface area contributed by atoms with Gasteiger partial charge in [0.1, 0.15) is 23.8 Å². The van der Waals surface area contributed by atoms with Gasteiger partial charge in [-0.1, -0.05) is 61.5 Å². The van der Waals surface area contributed by atoms with Crippen LogP contribution in [0.1, 0.15) is 64.7 Å². The van der Waals surface area contributed by atoms with Crippen LogP contribution in [0, 0.1) is 26.7 Å². The molecule has 1 fully saturated rings. The van der Waals surface area contributed by atoms with Crippen LogP contribution in [0.2, 0.25) is 0 Å². The molecule has 12 heteroatoms. The highest BCUT2D eigenvalue weighted by Crippen LogP contribution is 2.32. The molecule has 2 aliphatic heterocycles. The minimum absolute atomic E-state index is 0.102. The third-order valence-electron chi connectivity index (χ3n) is 9.24. The lowest BCUT2D eigenvalue weighted by Gasteiger charge is -2.29. The van der Waals surface area contributed by atoms with Crippen LogP contribution >= 0.6 is 0 Å². The SMILES string of the molecule is Cc1cc(C(=O)N2C[C@@H]3C[C@H]2C(=O)N[C@@H](C(C)C)C(=O)N[C@H](Cc2ccccc2)C(=O)NCc2cn3nn2)c2ccc(C)c(C)c2n1. The summed E-state index contributed by atoms with van der Waals surface area (Å²) in [6.45, 7) is 9.82. The highest BCUT2D eigenvalue weighted by Gasteiger charge is 2.43. The number of carbonyl (C=O) groups is 4. The van der Waals surface area contributed by atoms with Crippen molar-refractivity contribution in [1.82, 2.24) is 40.8 Å². The summed E-state index contributed by atoms with van der Waals surface area (Å²) in [4.78, 5) is 62.0. The fraction of sp³-hybridized carbons (Fsp3) is 0.400. The Kier molecular flexibility index (Phi) is 8.76. The molecule has 2 aromatic heterocycles. The first-order valence-electron chi connectivity index (χ1n) is 16.0. The number of likely N-dealkylation sites (tertiary alicyclic amines) is 1. The van der Waals surface area contributed by atoms with E-state index in [-0.39, 0.29) is 49.7 Å². The van der Waals surface area contributed by atoms with E-state index in [2.05, 4.69) is 26.3 Å². The van der Waals surface area contributed by atoms with Crippen molar-refractivity contribution >= 4 is 34.5 Å². The number of hydrogen-bond acceptors (Lipinski definition) is 7. The quantitative estimate of drug-likeness (QED) is 0.312.